The predicted octanol–water partition coefficient (Wildman–Crippen LogP) is 3.89. The fourth-order valence-corrected chi connectivity index (χ4v) is 3.45. The Hall–Kier alpha value is -2.63. The zero-order valence-electron chi connectivity index (χ0n) is 14.5. The number of para-hydroxylation sites is 1. The van der Waals surface area contributed by atoms with Crippen LogP contribution in [0.4, 0.5) is 0 Å². The van der Waals surface area contributed by atoms with Crippen molar-refractivity contribution in [2.75, 3.05) is 7.11 Å². The van der Waals surface area contributed by atoms with Crippen LogP contribution in [0.25, 0.3) is 11.0 Å². The first-order valence-corrected chi connectivity index (χ1v) is 8.66. The van der Waals surface area contributed by atoms with Crippen molar-refractivity contribution in [3.8, 4) is 5.75 Å². The Morgan fingerprint density at radius 3 is 2.69 bits per heavy atom. The number of benzene rings is 2. The first kappa shape index (κ1) is 16.8. The fraction of sp³-hybridized carbons (Fsp3) is 0.286. The van der Waals surface area contributed by atoms with Crippen LogP contribution in [0.15, 0.2) is 57.7 Å². The van der Waals surface area contributed by atoms with Crippen molar-refractivity contribution in [2.45, 2.75) is 31.7 Å². The third-order valence-electron chi connectivity index (χ3n) is 4.79. The SMILES string of the molecule is COc1cccc2c(=O)c3c(oc12)[C@@H](OCc1ccccc1)CC[C@@H]3O. The Morgan fingerprint density at radius 1 is 1.12 bits per heavy atom. The highest BCUT2D eigenvalue weighted by molar-refractivity contribution is 5.83. The average molecular weight is 352 g/mol. The Balaban J connectivity index is 1.78. The highest BCUT2D eigenvalue weighted by Crippen LogP contribution is 2.39. The number of fused-ring (bicyclic) bond motifs is 2. The van der Waals surface area contributed by atoms with Crippen LogP contribution in [-0.2, 0) is 11.3 Å². The van der Waals surface area contributed by atoms with E-state index in [9.17, 15) is 9.90 Å². The van der Waals surface area contributed by atoms with Gasteiger partial charge >= 0.3 is 0 Å². The molecule has 1 aromatic heterocycles. The van der Waals surface area contributed by atoms with Gasteiger partial charge in [0.25, 0.3) is 0 Å². The van der Waals surface area contributed by atoms with Crippen LogP contribution in [0.5, 0.6) is 5.75 Å². The summed E-state index contributed by atoms with van der Waals surface area (Å²) in [6.07, 6.45) is -0.166. The summed E-state index contributed by atoms with van der Waals surface area (Å²) in [5, 5.41) is 10.8. The number of aliphatic hydroxyl groups excluding tert-OH is 1. The number of ether oxygens (including phenoxy) is 2. The zero-order chi connectivity index (χ0) is 18.1. The fourth-order valence-electron chi connectivity index (χ4n) is 3.45. The van der Waals surface area contributed by atoms with Crippen molar-refractivity contribution in [3.63, 3.8) is 0 Å². The maximum atomic E-state index is 12.9. The molecule has 0 fully saturated rings. The quantitative estimate of drug-likeness (QED) is 0.771. The molecule has 134 valence electrons. The van der Waals surface area contributed by atoms with Crippen LogP contribution in [0, 0.1) is 0 Å². The minimum atomic E-state index is -0.839. The van der Waals surface area contributed by atoms with Crippen LogP contribution in [0.1, 0.15) is 41.9 Å². The summed E-state index contributed by atoms with van der Waals surface area (Å²) in [6.45, 7) is 0.411. The molecule has 0 spiro atoms. The Morgan fingerprint density at radius 2 is 1.92 bits per heavy atom. The largest absolute Gasteiger partial charge is 0.493 e. The second-order valence-corrected chi connectivity index (χ2v) is 6.42. The molecule has 2 atom stereocenters. The molecule has 1 N–H and O–H groups in total. The summed E-state index contributed by atoms with van der Waals surface area (Å²) in [4.78, 5) is 12.9. The number of hydrogen-bond donors (Lipinski definition) is 1. The van der Waals surface area contributed by atoms with Crippen molar-refractivity contribution in [2.24, 2.45) is 0 Å². The van der Waals surface area contributed by atoms with Gasteiger partial charge in [-0.1, -0.05) is 36.4 Å². The lowest BCUT2D eigenvalue weighted by atomic mass is 9.91. The molecule has 0 saturated carbocycles. The highest BCUT2D eigenvalue weighted by Gasteiger charge is 2.33. The van der Waals surface area contributed by atoms with Crippen LogP contribution < -0.4 is 10.2 Å². The van der Waals surface area contributed by atoms with Crippen molar-refractivity contribution in [1.29, 1.82) is 0 Å². The second kappa shape index (κ2) is 6.94. The smallest absolute Gasteiger partial charge is 0.199 e. The molecule has 0 aliphatic heterocycles. The van der Waals surface area contributed by atoms with Crippen LogP contribution in [0.2, 0.25) is 0 Å². The van der Waals surface area contributed by atoms with E-state index in [4.69, 9.17) is 13.9 Å². The van der Waals surface area contributed by atoms with Crippen LogP contribution in [0.3, 0.4) is 0 Å². The van der Waals surface area contributed by atoms with Crippen LogP contribution >= 0.6 is 0 Å². The first-order valence-electron chi connectivity index (χ1n) is 8.66. The normalized spacial score (nSPS) is 19.3. The van der Waals surface area contributed by atoms with Gasteiger partial charge in [0.15, 0.2) is 16.8 Å². The summed E-state index contributed by atoms with van der Waals surface area (Å²) < 4.78 is 17.4. The lowest BCUT2D eigenvalue weighted by Crippen LogP contribution is -2.24. The minimum Gasteiger partial charge on any atom is -0.493 e. The van der Waals surface area contributed by atoms with E-state index in [2.05, 4.69) is 0 Å². The number of rotatable bonds is 4. The van der Waals surface area contributed by atoms with E-state index >= 15 is 0 Å². The maximum Gasteiger partial charge on any atom is 0.199 e. The summed E-state index contributed by atoms with van der Waals surface area (Å²) in [6, 6.07) is 15.0. The van der Waals surface area contributed by atoms with Gasteiger partial charge in [-0.2, -0.15) is 0 Å². The topological polar surface area (TPSA) is 68.9 Å². The lowest BCUT2D eigenvalue weighted by Gasteiger charge is -2.27. The minimum absolute atomic E-state index is 0.222. The van der Waals surface area contributed by atoms with E-state index in [0.29, 0.717) is 47.5 Å². The molecule has 1 heterocycles. The highest BCUT2D eigenvalue weighted by atomic mass is 16.5. The molecule has 0 radical (unpaired) electrons. The van der Waals surface area contributed by atoms with Crippen molar-refractivity contribution < 1.29 is 19.0 Å². The van der Waals surface area contributed by atoms with Gasteiger partial charge in [0.1, 0.15) is 11.9 Å². The summed E-state index contributed by atoms with van der Waals surface area (Å²) in [7, 11) is 1.53. The van der Waals surface area contributed by atoms with Gasteiger partial charge in [-0.3, -0.25) is 4.79 Å². The van der Waals surface area contributed by atoms with E-state index in [-0.39, 0.29) is 11.5 Å². The standard InChI is InChI=1S/C21H20O5/c1-24-16-9-5-8-14-19(23)18-15(22)10-11-17(21(18)26-20(14)16)25-12-13-6-3-2-4-7-13/h2-9,15,17,22H,10-12H2,1H3/t15-,17-/m0/s1. The van der Waals surface area contributed by atoms with Crippen molar-refractivity contribution in [3.05, 3.63) is 75.6 Å². The number of aliphatic hydroxyl groups is 1. The molecule has 1 aliphatic rings. The molecule has 0 unspecified atom stereocenters. The molecule has 0 bridgehead atoms. The summed E-state index contributed by atoms with van der Waals surface area (Å²) >= 11 is 0. The van der Waals surface area contributed by atoms with Gasteiger partial charge in [0.05, 0.1) is 30.8 Å². The molecule has 5 heteroatoms. The third-order valence-corrected chi connectivity index (χ3v) is 4.79. The summed E-state index contributed by atoms with van der Waals surface area (Å²) in [5.74, 6) is 0.894. The molecule has 2 aromatic carbocycles. The molecular formula is C21H20O5. The van der Waals surface area contributed by atoms with Gasteiger partial charge in [0.2, 0.25) is 0 Å². The van der Waals surface area contributed by atoms with E-state index in [1.807, 2.05) is 30.3 Å². The van der Waals surface area contributed by atoms with E-state index in [0.717, 1.165) is 5.56 Å². The monoisotopic (exact) mass is 352 g/mol. The van der Waals surface area contributed by atoms with E-state index < -0.39 is 6.10 Å². The second-order valence-electron chi connectivity index (χ2n) is 6.42. The molecule has 26 heavy (non-hydrogen) atoms. The lowest BCUT2D eigenvalue weighted by molar-refractivity contribution is -0.00551. The van der Waals surface area contributed by atoms with Crippen molar-refractivity contribution in [1.82, 2.24) is 0 Å². The van der Waals surface area contributed by atoms with Gasteiger partial charge in [0, 0.05) is 0 Å². The summed E-state index contributed by atoms with van der Waals surface area (Å²) in [5.41, 5.74) is 1.51. The Bertz CT molecular complexity index is 977. The number of hydrogen-bond acceptors (Lipinski definition) is 5. The number of methoxy groups -OCH3 is 1. The van der Waals surface area contributed by atoms with Crippen molar-refractivity contribution >= 4 is 11.0 Å². The molecule has 1 aliphatic carbocycles. The van der Waals surface area contributed by atoms with Gasteiger partial charge in [-0.15, -0.1) is 0 Å². The first-order chi connectivity index (χ1) is 12.7. The molecule has 5 nitrogen and oxygen atoms in total. The Kier molecular flexibility index (Phi) is 4.49. The van der Waals surface area contributed by atoms with Gasteiger partial charge in [-0.25, -0.2) is 0 Å². The molecule has 0 amide bonds. The Labute approximate surface area is 150 Å². The molecule has 3 aromatic rings. The van der Waals surface area contributed by atoms with E-state index in [1.165, 1.54) is 7.11 Å². The van der Waals surface area contributed by atoms with Crippen LogP contribution in [-0.4, -0.2) is 12.2 Å². The molecular weight excluding hydrogens is 332 g/mol. The molecule has 0 saturated heterocycles. The van der Waals surface area contributed by atoms with E-state index in [1.54, 1.807) is 18.2 Å². The zero-order valence-corrected chi connectivity index (χ0v) is 14.5. The third kappa shape index (κ3) is 2.89. The van der Waals surface area contributed by atoms with Gasteiger partial charge < -0.3 is 19.0 Å². The molecule has 4 rings (SSSR count). The average Bonchev–Trinajstić information content (AvgIpc) is 2.68. The van der Waals surface area contributed by atoms with Gasteiger partial charge in [-0.05, 0) is 30.5 Å². The maximum absolute atomic E-state index is 12.9. The predicted molar refractivity (Wildman–Crippen MR) is 97.2 cm³/mol.